The zero-order valence-corrected chi connectivity index (χ0v) is 13.3. The van der Waals surface area contributed by atoms with E-state index in [1.165, 1.54) is 38.8 Å². The molecule has 1 aromatic rings. The van der Waals surface area contributed by atoms with Crippen LogP contribution in [0.15, 0.2) is 18.7 Å². The number of imidazole rings is 1. The van der Waals surface area contributed by atoms with Crippen molar-refractivity contribution >= 4 is 0 Å². The highest BCUT2D eigenvalue weighted by atomic mass is 16.5. The maximum absolute atomic E-state index is 6.32. The molecule has 0 saturated carbocycles. The molecule has 0 aliphatic carbocycles. The van der Waals surface area contributed by atoms with Gasteiger partial charge in [-0.25, -0.2) is 4.98 Å². The molecule has 5 heteroatoms. The van der Waals surface area contributed by atoms with E-state index in [1.807, 2.05) is 12.5 Å². The first-order valence-electron chi connectivity index (χ1n) is 8.75. The maximum atomic E-state index is 6.32. The molecule has 3 aliphatic heterocycles. The predicted molar refractivity (Wildman–Crippen MR) is 83.8 cm³/mol. The molecule has 122 valence electrons. The van der Waals surface area contributed by atoms with Gasteiger partial charge in [0, 0.05) is 45.1 Å². The van der Waals surface area contributed by atoms with Crippen LogP contribution in [0, 0.1) is 5.92 Å². The molecule has 0 bridgehead atoms. The molecule has 0 N–H and O–H groups in total. The number of hydrogen-bond donors (Lipinski definition) is 0. The van der Waals surface area contributed by atoms with Gasteiger partial charge in [0.05, 0.1) is 24.6 Å². The summed E-state index contributed by atoms with van der Waals surface area (Å²) in [5, 5.41) is 0. The Morgan fingerprint density at radius 3 is 3.00 bits per heavy atom. The van der Waals surface area contributed by atoms with Crippen molar-refractivity contribution in [2.24, 2.45) is 5.92 Å². The highest BCUT2D eigenvalue weighted by Crippen LogP contribution is 2.39. The molecule has 4 heterocycles. The monoisotopic (exact) mass is 305 g/mol. The number of rotatable bonds is 3. The maximum Gasteiger partial charge on any atom is 0.0949 e. The molecule has 22 heavy (non-hydrogen) atoms. The Labute approximate surface area is 132 Å². The van der Waals surface area contributed by atoms with Gasteiger partial charge in [0.25, 0.3) is 0 Å². The second-order valence-corrected chi connectivity index (χ2v) is 7.26. The Hall–Kier alpha value is -0.910. The third-order valence-electron chi connectivity index (χ3n) is 5.61. The van der Waals surface area contributed by atoms with E-state index in [0.29, 0.717) is 6.04 Å². The first-order valence-corrected chi connectivity index (χ1v) is 8.75. The van der Waals surface area contributed by atoms with Gasteiger partial charge < -0.3 is 18.9 Å². The zero-order chi connectivity index (χ0) is 14.8. The van der Waals surface area contributed by atoms with Crippen molar-refractivity contribution in [2.75, 3.05) is 39.5 Å². The number of likely N-dealkylation sites (tertiary alicyclic amines) is 1. The highest BCUT2D eigenvalue weighted by Gasteiger charge is 2.44. The summed E-state index contributed by atoms with van der Waals surface area (Å²) in [5.74, 6) is 0.815. The van der Waals surface area contributed by atoms with Gasteiger partial charge in [-0.05, 0) is 38.1 Å². The van der Waals surface area contributed by atoms with E-state index < -0.39 is 0 Å². The Kier molecular flexibility index (Phi) is 4.20. The molecular weight excluding hydrogens is 278 g/mol. The summed E-state index contributed by atoms with van der Waals surface area (Å²) in [6.45, 7) is 6.30. The van der Waals surface area contributed by atoms with E-state index in [0.717, 1.165) is 38.7 Å². The Balaban J connectivity index is 1.36. The molecule has 0 unspecified atom stereocenters. The Morgan fingerprint density at radius 2 is 2.18 bits per heavy atom. The van der Waals surface area contributed by atoms with Crippen molar-refractivity contribution in [1.82, 2.24) is 14.5 Å². The molecular formula is C17H27N3O2. The lowest BCUT2D eigenvalue weighted by atomic mass is 9.87. The second kappa shape index (κ2) is 6.30. The van der Waals surface area contributed by atoms with Gasteiger partial charge in [-0.15, -0.1) is 0 Å². The predicted octanol–water partition coefficient (Wildman–Crippen LogP) is 2.11. The van der Waals surface area contributed by atoms with Gasteiger partial charge in [0.1, 0.15) is 0 Å². The van der Waals surface area contributed by atoms with Crippen LogP contribution in [0.25, 0.3) is 0 Å². The molecule has 0 radical (unpaired) electrons. The third-order valence-corrected chi connectivity index (χ3v) is 5.61. The van der Waals surface area contributed by atoms with Crippen molar-refractivity contribution in [2.45, 2.75) is 43.7 Å². The van der Waals surface area contributed by atoms with Crippen LogP contribution in [-0.4, -0.2) is 59.5 Å². The molecule has 4 rings (SSSR count). The lowest BCUT2D eigenvalue weighted by Gasteiger charge is -2.41. The molecule has 5 nitrogen and oxygen atoms in total. The Morgan fingerprint density at radius 1 is 1.27 bits per heavy atom. The van der Waals surface area contributed by atoms with Gasteiger partial charge in [-0.1, -0.05) is 0 Å². The fourth-order valence-electron chi connectivity index (χ4n) is 4.42. The Bertz CT molecular complexity index is 472. The van der Waals surface area contributed by atoms with Crippen LogP contribution >= 0.6 is 0 Å². The first-order chi connectivity index (χ1) is 10.8. The smallest absolute Gasteiger partial charge is 0.0949 e. The van der Waals surface area contributed by atoms with Gasteiger partial charge in [0.15, 0.2) is 0 Å². The normalized spacial score (nSPS) is 34.5. The summed E-state index contributed by atoms with van der Waals surface area (Å²) < 4.78 is 14.0. The van der Waals surface area contributed by atoms with Crippen LogP contribution in [0.1, 0.15) is 38.1 Å². The van der Waals surface area contributed by atoms with E-state index in [-0.39, 0.29) is 5.60 Å². The average Bonchev–Trinajstić information content (AvgIpc) is 3.19. The van der Waals surface area contributed by atoms with E-state index in [2.05, 4.69) is 20.6 Å². The van der Waals surface area contributed by atoms with Crippen LogP contribution in [0.3, 0.4) is 0 Å². The van der Waals surface area contributed by atoms with Gasteiger partial charge in [-0.3, -0.25) is 0 Å². The second-order valence-electron chi connectivity index (χ2n) is 7.26. The summed E-state index contributed by atoms with van der Waals surface area (Å²) in [6, 6.07) is 0.463. The van der Waals surface area contributed by atoms with Gasteiger partial charge in [0.2, 0.25) is 0 Å². The standard InChI is InChI=1S/C17H27N3O2/c1-4-17(10-16(12-22-17)20-7-5-18-14-20)13-19(6-1)11-15-2-8-21-9-3-15/h5,7,14-16H,1-4,6,8-13H2/t16-,17+/m0/s1. The lowest BCUT2D eigenvalue weighted by molar-refractivity contribution is -0.0581. The van der Waals surface area contributed by atoms with Crippen LogP contribution < -0.4 is 0 Å². The quantitative estimate of drug-likeness (QED) is 0.857. The minimum absolute atomic E-state index is 0.0817. The van der Waals surface area contributed by atoms with Crippen LogP contribution in [-0.2, 0) is 9.47 Å². The van der Waals surface area contributed by atoms with E-state index in [4.69, 9.17) is 9.47 Å². The lowest BCUT2D eigenvalue weighted by Crippen LogP contribution is -2.49. The molecule has 2 atom stereocenters. The molecule has 0 amide bonds. The van der Waals surface area contributed by atoms with Crippen molar-refractivity contribution in [3.8, 4) is 0 Å². The minimum Gasteiger partial charge on any atom is -0.381 e. The SMILES string of the molecule is c1cn([C@@H]2CO[C@]3(CCCN(CC4CCOCC4)C3)C2)cn1. The summed E-state index contributed by atoms with van der Waals surface area (Å²) in [5.41, 5.74) is 0.0817. The van der Waals surface area contributed by atoms with Crippen molar-refractivity contribution in [1.29, 1.82) is 0 Å². The van der Waals surface area contributed by atoms with Crippen LogP contribution in [0.4, 0.5) is 0 Å². The van der Waals surface area contributed by atoms with E-state index >= 15 is 0 Å². The van der Waals surface area contributed by atoms with Crippen molar-refractivity contribution in [3.05, 3.63) is 18.7 Å². The number of nitrogens with zero attached hydrogens (tertiary/aromatic N) is 3. The van der Waals surface area contributed by atoms with Crippen molar-refractivity contribution < 1.29 is 9.47 Å². The number of ether oxygens (including phenoxy) is 2. The topological polar surface area (TPSA) is 39.5 Å². The number of piperidine rings is 1. The minimum atomic E-state index is 0.0817. The molecule has 0 aromatic carbocycles. The molecule has 3 fully saturated rings. The molecule has 1 spiro atoms. The summed E-state index contributed by atoms with van der Waals surface area (Å²) in [4.78, 5) is 6.83. The average molecular weight is 305 g/mol. The molecule has 3 aliphatic rings. The van der Waals surface area contributed by atoms with E-state index in [1.54, 1.807) is 0 Å². The molecule has 3 saturated heterocycles. The van der Waals surface area contributed by atoms with Gasteiger partial charge in [-0.2, -0.15) is 0 Å². The molecule has 1 aromatic heterocycles. The largest absolute Gasteiger partial charge is 0.381 e. The summed E-state index contributed by atoms with van der Waals surface area (Å²) >= 11 is 0. The fraction of sp³-hybridized carbons (Fsp3) is 0.824. The van der Waals surface area contributed by atoms with Crippen LogP contribution in [0.2, 0.25) is 0 Å². The van der Waals surface area contributed by atoms with E-state index in [9.17, 15) is 0 Å². The van der Waals surface area contributed by atoms with Crippen LogP contribution in [0.5, 0.6) is 0 Å². The first kappa shape index (κ1) is 14.7. The zero-order valence-electron chi connectivity index (χ0n) is 13.3. The number of hydrogen-bond acceptors (Lipinski definition) is 4. The summed E-state index contributed by atoms with van der Waals surface area (Å²) in [7, 11) is 0. The third kappa shape index (κ3) is 3.07. The van der Waals surface area contributed by atoms with Gasteiger partial charge >= 0.3 is 0 Å². The fourth-order valence-corrected chi connectivity index (χ4v) is 4.42. The number of aromatic nitrogens is 2. The summed E-state index contributed by atoms with van der Waals surface area (Å²) in [6.07, 6.45) is 11.9. The van der Waals surface area contributed by atoms with Crippen molar-refractivity contribution in [3.63, 3.8) is 0 Å². The highest BCUT2D eigenvalue weighted by molar-refractivity contribution is 4.98.